The van der Waals surface area contributed by atoms with Crippen molar-refractivity contribution < 1.29 is 9.72 Å². The molecule has 3 aromatic carbocycles. The molecule has 0 aliphatic carbocycles. The molecule has 1 unspecified atom stereocenters. The van der Waals surface area contributed by atoms with E-state index >= 15 is 0 Å². The van der Waals surface area contributed by atoms with Crippen LogP contribution in [-0.4, -0.2) is 25.7 Å². The molecule has 9 nitrogen and oxygen atoms in total. The first-order chi connectivity index (χ1) is 16.9. The zero-order chi connectivity index (χ0) is 24.8. The van der Waals surface area contributed by atoms with Crippen LogP contribution in [0.25, 0.3) is 5.69 Å². The van der Waals surface area contributed by atoms with Gasteiger partial charge in [0, 0.05) is 29.3 Å². The summed E-state index contributed by atoms with van der Waals surface area (Å²) in [4.78, 5) is 23.2. The van der Waals surface area contributed by atoms with E-state index in [0.717, 1.165) is 5.56 Å². The van der Waals surface area contributed by atoms with E-state index in [1.165, 1.54) is 29.5 Å². The first-order valence-electron chi connectivity index (χ1n) is 10.9. The third-order valence-electron chi connectivity index (χ3n) is 5.19. The highest BCUT2D eigenvalue weighted by Crippen LogP contribution is 2.28. The molecule has 0 radical (unpaired) electrons. The number of benzene rings is 3. The number of carbonyl (C=O) groups is 1. The number of anilines is 1. The Morgan fingerprint density at radius 3 is 2.49 bits per heavy atom. The lowest BCUT2D eigenvalue weighted by Gasteiger charge is -2.17. The number of thioether (sulfide) groups is 1. The minimum absolute atomic E-state index is 0.00856. The Morgan fingerprint density at radius 1 is 1.06 bits per heavy atom. The number of hydrogen-bond acceptors (Lipinski definition) is 6. The van der Waals surface area contributed by atoms with E-state index in [-0.39, 0.29) is 11.7 Å². The Balaban J connectivity index is 1.60. The SMILES string of the molecule is Cc1cccc(CSc2nnc(C(C)NC(=O)Nc3ccccc3)n2-c2ccc([N+](=O)[O-])cc2)c1. The molecule has 2 N–H and O–H groups in total. The van der Waals surface area contributed by atoms with E-state index in [2.05, 4.69) is 26.9 Å². The number of rotatable bonds is 8. The average molecular weight is 489 g/mol. The Kier molecular flexibility index (Phi) is 7.41. The predicted octanol–water partition coefficient (Wildman–Crippen LogP) is 5.66. The van der Waals surface area contributed by atoms with Gasteiger partial charge >= 0.3 is 6.03 Å². The van der Waals surface area contributed by atoms with Crippen LogP contribution in [0.15, 0.2) is 84.0 Å². The number of amides is 2. The lowest BCUT2D eigenvalue weighted by atomic mass is 10.2. The normalized spacial score (nSPS) is 11.6. The van der Waals surface area contributed by atoms with Crippen LogP contribution < -0.4 is 10.6 Å². The quantitative estimate of drug-likeness (QED) is 0.188. The van der Waals surface area contributed by atoms with Gasteiger partial charge in [0.2, 0.25) is 0 Å². The molecule has 4 rings (SSSR count). The molecule has 4 aromatic rings. The maximum atomic E-state index is 12.6. The molecular formula is C25H24N6O3S. The fourth-order valence-electron chi connectivity index (χ4n) is 3.52. The van der Waals surface area contributed by atoms with Gasteiger partial charge in [0.15, 0.2) is 11.0 Å². The Bertz CT molecular complexity index is 1320. The average Bonchev–Trinajstić information content (AvgIpc) is 3.27. The van der Waals surface area contributed by atoms with Gasteiger partial charge in [0.25, 0.3) is 5.69 Å². The molecule has 0 aliphatic heterocycles. The molecule has 178 valence electrons. The molecule has 2 amide bonds. The second kappa shape index (κ2) is 10.8. The monoisotopic (exact) mass is 488 g/mol. The summed E-state index contributed by atoms with van der Waals surface area (Å²) in [5.74, 6) is 1.18. The van der Waals surface area contributed by atoms with Crippen molar-refractivity contribution in [1.82, 2.24) is 20.1 Å². The van der Waals surface area contributed by atoms with Crippen molar-refractivity contribution in [2.75, 3.05) is 5.32 Å². The van der Waals surface area contributed by atoms with E-state index in [1.54, 1.807) is 24.3 Å². The number of aryl methyl sites for hydroxylation is 1. The highest BCUT2D eigenvalue weighted by molar-refractivity contribution is 7.98. The van der Waals surface area contributed by atoms with Crippen LogP contribution in [0.2, 0.25) is 0 Å². The number of nitro benzene ring substituents is 1. The molecule has 10 heteroatoms. The number of urea groups is 1. The Labute approximate surface area is 206 Å². The third kappa shape index (κ3) is 6.04. The summed E-state index contributed by atoms with van der Waals surface area (Å²) in [6.45, 7) is 3.85. The number of aromatic nitrogens is 3. The minimum atomic E-state index is -0.491. The number of nitro groups is 1. The summed E-state index contributed by atoms with van der Waals surface area (Å²) in [5, 5.41) is 26.1. The second-order valence-corrected chi connectivity index (χ2v) is 8.86. The number of nitrogens with zero attached hydrogens (tertiary/aromatic N) is 4. The maximum Gasteiger partial charge on any atom is 0.319 e. The highest BCUT2D eigenvalue weighted by atomic mass is 32.2. The highest BCUT2D eigenvalue weighted by Gasteiger charge is 2.22. The molecule has 0 spiro atoms. The summed E-state index contributed by atoms with van der Waals surface area (Å²) in [5.41, 5.74) is 3.64. The first-order valence-corrected chi connectivity index (χ1v) is 11.9. The van der Waals surface area contributed by atoms with E-state index in [9.17, 15) is 14.9 Å². The van der Waals surface area contributed by atoms with Crippen molar-refractivity contribution in [3.8, 4) is 5.69 Å². The topological polar surface area (TPSA) is 115 Å². The standard InChI is InChI=1S/C25H24N6O3S/c1-17-7-6-8-19(15-17)16-35-25-29-28-23(30(25)21-11-13-22(14-12-21)31(33)34)18(2)26-24(32)27-20-9-4-3-5-10-20/h3-15,18H,16H2,1-2H3,(H2,26,27,32). The largest absolute Gasteiger partial charge is 0.328 e. The van der Waals surface area contributed by atoms with Crippen LogP contribution in [0.4, 0.5) is 16.2 Å². The Morgan fingerprint density at radius 2 is 1.80 bits per heavy atom. The van der Waals surface area contributed by atoms with E-state index < -0.39 is 11.0 Å². The van der Waals surface area contributed by atoms with Gasteiger partial charge in [-0.1, -0.05) is 59.8 Å². The zero-order valence-corrected chi connectivity index (χ0v) is 20.0. The van der Waals surface area contributed by atoms with E-state index in [1.807, 2.05) is 54.8 Å². The molecule has 0 bridgehead atoms. The molecule has 0 aliphatic rings. The van der Waals surface area contributed by atoms with Gasteiger partial charge < -0.3 is 10.6 Å². The number of non-ortho nitro benzene ring substituents is 1. The lowest BCUT2D eigenvalue weighted by Crippen LogP contribution is -2.32. The number of nitrogens with one attached hydrogen (secondary N) is 2. The van der Waals surface area contributed by atoms with Crippen molar-refractivity contribution in [2.45, 2.75) is 30.8 Å². The second-order valence-electron chi connectivity index (χ2n) is 7.91. The van der Waals surface area contributed by atoms with Crippen LogP contribution in [0.1, 0.15) is 29.9 Å². The fraction of sp³-hybridized carbons (Fsp3) is 0.160. The smallest absolute Gasteiger partial charge is 0.319 e. The molecule has 35 heavy (non-hydrogen) atoms. The molecule has 0 saturated carbocycles. The fourth-order valence-corrected chi connectivity index (χ4v) is 4.42. The van der Waals surface area contributed by atoms with Crippen molar-refractivity contribution in [1.29, 1.82) is 0 Å². The third-order valence-corrected chi connectivity index (χ3v) is 6.19. The summed E-state index contributed by atoms with van der Waals surface area (Å²) >= 11 is 1.50. The lowest BCUT2D eigenvalue weighted by molar-refractivity contribution is -0.384. The summed E-state index contributed by atoms with van der Waals surface area (Å²) < 4.78 is 1.82. The summed E-state index contributed by atoms with van der Waals surface area (Å²) in [6.07, 6.45) is 0. The number of para-hydroxylation sites is 1. The minimum Gasteiger partial charge on any atom is -0.328 e. The first kappa shape index (κ1) is 24.0. The van der Waals surface area contributed by atoms with Crippen LogP contribution in [0.3, 0.4) is 0 Å². The van der Waals surface area contributed by atoms with Crippen molar-refractivity contribution in [3.63, 3.8) is 0 Å². The Hall–Kier alpha value is -4.18. The predicted molar refractivity (Wildman–Crippen MR) is 136 cm³/mol. The molecule has 0 saturated heterocycles. The summed E-state index contributed by atoms with van der Waals surface area (Å²) in [6, 6.07) is 22.6. The van der Waals surface area contributed by atoms with E-state index in [0.29, 0.717) is 28.1 Å². The van der Waals surface area contributed by atoms with E-state index in [4.69, 9.17) is 0 Å². The molecule has 1 heterocycles. The van der Waals surface area contributed by atoms with Gasteiger partial charge in [-0.2, -0.15) is 0 Å². The summed E-state index contributed by atoms with van der Waals surface area (Å²) in [7, 11) is 0. The van der Waals surface area contributed by atoms with Gasteiger partial charge in [-0.3, -0.25) is 14.7 Å². The maximum absolute atomic E-state index is 12.6. The molecule has 1 atom stereocenters. The van der Waals surface area contributed by atoms with Crippen LogP contribution >= 0.6 is 11.8 Å². The van der Waals surface area contributed by atoms with Crippen LogP contribution in [-0.2, 0) is 5.75 Å². The van der Waals surface area contributed by atoms with Crippen molar-refractivity contribution in [3.05, 3.63) is 106 Å². The molecular weight excluding hydrogens is 464 g/mol. The van der Waals surface area contributed by atoms with Gasteiger partial charge in [0.1, 0.15) is 0 Å². The van der Waals surface area contributed by atoms with Crippen molar-refractivity contribution in [2.24, 2.45) is 0 Å². The number of hydrogen-bond donors (Lipinski definition) is 2. The van der Waals surface area contributed by atoms with Gasteiger partial charge in [-0.05, 0) is 43.7 Å². The van der Waals surface area contributed by atoms with Gasteiger partial charge in [-0.25, -0.2) is 4.79 Å². The van der Waals surface area contributed by atoms with Gasteiger partial charge in [-0.15, -0.1) is 10.2 Å². The van der Waals surface area contributed by atoms with Crippen LogP contribution in [0, 0.1) is 17.0 Å². The van der Waals surface area contributed by atoms with Gasteiger partial charge in [0.05, 0.1) is 11.0 Å². The molecule has 1 aromatic heterocycles. The van der Waals surface area contributed by atoms with Crippen molar-refractivity contribution >= 4 is 29.2 Å². The molecule has 0 fully saturated rings. The van der Waals surface area contributed by atoms with Crippen LogP contribution in [0.5, 0.6) is 0 Å². The zero-order valence-electron chi connectivity index (χ0n) is 19.2. The number of carbonyl (C=O) groups excluding carboxylic acids is 1.